The van der Waals surface area contributed by atoms with Crippen molar-refractivity contribution in [1.82, 2.24) is 0 Å². The topological polar surface area (TPSA) is 74.9 Å². The molecule has 0 saturated carbocycles. The second-order valence-electron chi connectivity index (χ2n) is 4.00. The third-order valence-electron chi connectivity index (χ3n) is 2.48. The first-order valence-electron chi connectivity index (χ1n) is 5.36. The largest absolute Gasteiger partial charge is 0.412 e. The van der Waals surface area contributed by atoms with E-state index in [1.54, 1.807) is 7.11 Å². The number of methoxy groups -OCH3 is 1. The Kier molecular flexibility index (Phi) is 7.39. The van der Waals surface area contributed by atoms with Gasteiger partial charge < -0.3 is 10.2 Å². The van der Waals surface area contributed by atoms with Crippen LogP contribution in [0.1, 0.15) is 19.8 Å². The molecule has 0 spiro atoms. The normalized spacial score (nSPS) is 15.4. The van der Waals surface area contributed by atoms with Gasteiger partial charge in [-0.2, -0.15) is 0 Å². The third kappa shape index (κ3) is 5.30. The average molecular weight is 292 g/mol. The van der Waals surface area contributed by atoms with Gasteiger partial charge >= 0.3 is 0 Å². The second-order valence-corrected chi connectivity index (χ2v) is 7.68. The SMILES string of the molecule is C=S(=O)(CCC(CC(C)=O)OC)c1cccs1.O. The Bertz CT molecular complexity index is 448. The van der Waals surface area contributed by atoms with Crippen LogP contribution in [0.2, 0.25) is 0 Å². The molecule has 0 aromatic carbocycles. The van der Waals surface area contributed by atoms with Crippen LogP contribution < -0.4 is 0 Å². The number of carbonyl (C=O) groups excluding carboxylic acids is 1. The van der Waals surface area contributed by atoms with Crippen LogP contribution in [-0.2, 0) is 19.1 Å². The van der Waals surface area contributed by atoms with Crippen LogP contribution in [0.5, 0.6) is 0 Å². The Morgan fingerprint density at radius 2 is 2.28 bits per heavy atom. The number of ether oxygens (including phenoxy) is 1. The minimum Gasteiger partial charge on any atom is -0.412 e. The quantitative estimate of drug-likeness (QED) is 0.713. The Balaban J connectivity index is 0.00000289. The molecule has 104 valence electrons. The highest BCUT2D eigenvalue weighted by atomic mass is 32.2. The van der Waals surface area contributed by atoms with Gasteiger partial charge in [0.1, 0.15) is 5.78 Å². The van der Waals surface area contributed by atoms with Crippen molar-refractivity contribution in [3.8, 4) is 0 Å². The summed E-state index contributed by atoms with van der Waals surface area (Å²) in [6.07, 6.45) is 0.808. The van der Waals surface area contributed by atoms with Gasteiger partial charge in [0, 0.05) is 28.8 Å². The Hall–Kier alpha value is -0.690. The highest BCUT2D eigenvalue weighted by Gasteiger charge is 2.15. The smallest absolute Gasteiger partial charge is 0.132 e. The summed E-state index contributed by atoms with van der Waals surface area (Å²) in [5.74, 6) is 4.34. The van der Waals surface area contributed by atoms with E-state index in [4.69, 9.17) is 4.74 Å². The minimum absolute atomic E-state index is 0. The molecule has 0 amide bonds. The van der Waals surface area contributed by atoms with Gasteiger partial charge in [-0.15, -0.1) is 11.3 Å². The van der Waals surface area contributed by atoms with Crippen LogP contribution in [0.15, 0.2) is 21.7 Å². The van der Waals surface area contributed by atoms with Crippen LogP contribution in [0, 0.1) is 0 Å². The van der Waals surface area contributed by atoms with Gasteiger partial charge in [-0.05, 0) is 30.7 Å². The lowest BCUT2D eigenvalue weighted by Gasteiger charge is -2.14. The van der Waals surface area contributed by atoms with E-state index in [9.17, 15) is 9.00 Å². The average Bonchev–Trinajstić information content (AvgIpc) is 2.77. The van der Waals surface area contributed by atoms with E-state index in [-0.39, 0.29) is 17.4 Å². The molecule has 2 unspecified atom stereocenters. The molecule has 1 aromatic heterocycles. The number of hydrogen-bond acceptors (Lipinski definition) is 4. The van der Waals surface area contributed by atoms with Crippen molar-refractivity contribution in [3.63, 3.8) is 0 Å². The molecule has 0 radical (unpaired) electrons. The molecule has 1 rings (SSSR count). The fraction of sp³-hybridized carbons (Fsp3) is 0.500. The van der Waals surface area contributed by atoms with Crippen LogP contribution >= 0.6 is 11.3 Å². The number of Topliss-reactive ketones (excluding diaryl/α,β-unsaturated/α-hetero) is 1. The fourth-order valence-corrected chi connectivity index (χ4v) is 4.26. The highest BCUT2D eigenvalue weighted by molar-refractivity contribution is 8.02. The first kappa shape index (κ1) is 17.3. The molecule has 0 aliphatic heterocycles. The molecule has 0 bridgehead atoms. The van der Waals surface area contributed by atoms with Gasteiger partial charge in [0.2, 0.25) is 0 Å². The van der Waals surface area contributed by atoms with Gasteiger partial charge in [0.25, 0.3) is 0 Å². The van der Waals surface area contributed by atoms with Gasteiger partial charge in [-0.3, -0.25) is 9.00 Å². The van der Waals surface area contributed by atoms with Crippen molar-refractivity contribution in [2.24, 2.45) is 0 Å². The Morgan fingerprint density at radius 3 is 2.72 bits per heavy atom. The van der Waals surface area contributed by atoms with E-state index in [2.05, 4.69) is 5.87 Å². The van der Waals surface area contributed by atoms with Crippen molar-refractivity contribution >= 4 is 32.5 Å². The van der Waals surface area contributed by atoms with E-state index in [0.717, 1.165) is 4.21 Å². The maximum Gasteiger partial charge on any atom is 0.132 e. The van der Waals surface area contributed by atoms with E-state index in [1.165, 1.54) is 18.3 Å². The lowest BCUT2D eigenvalue weighted by Crippen LogP contribution is -2.19. The summed E-state index contributed by atoms with van der Waals surface area (Å²) in [5, 5.41) is 1.89. The number of thiophene rings is 1. The van der Waals surface area contributed by atoms with E-state index < -0.39 is 9.52 Å². The van der Waals surface area contributed by atoms with Gasteiger partial charge in [-0.1, -0.05) is 6.07 Å². The maximum absolute atomic E-state index is 12.3. The molecule has 2 atom stereocenters. The summed E-state index contributed by atoms with van der Waals surface area (Å²) < 4.78 is 18.3. The zero-order valence-electron chi connectivity index (χ0n) is 10.7. The summed E-state index contributed by atoms with van der Waals surface area (Å²) in [5.41, 5.74) is 0. The maximum atomic E-state index is 12.3. The summed E-state index contributed by atoms with van der Waals surface area (Å²) in [7, 11) is -0.658. The van der Waals surface area contributed by atoms with Gasteiger partial charge in [-0.25, -0.2) is 0 Å². The summed E-state index contributed by atoms with van der Waals surface area (Å²) in [6, 6.07) is 3.71. The molecule has 1 aromatic rings. The molecule has 6 heteroatoms. The standard InChI is InChI=1S/C12H18O3S2.H2O/c1-10(13)9-11(15-2)6-8-17(3,14)12-5-4-7-16-12;/h4-5,7,11H,3,6,8-9H2,1-2H3;1H2. The zero-order valence-corrected chi connectivity index (χ0v) is 12.3. The second kappa shape index (κ2) is 7.68. The molecular weight excluding hydrogens is 272 g/mol. The molecular formula is C12H20O4S2. The molecule has 0 aliphatic carbocycles. The molecule has 0 saturated heterocycles. The summed E-state index contributed by atoms with van der Waals surface area (Å²) >= 11 is 1.46. The van der Waals surface area contributed by atoms with Crippen molar-refractivity contribution in [2.75, 3.05) is 12.9 Å². The van der Waals surface area contributed by atoms with Crippen LogP contribution in [0.4, 0.5) is 0 Å². The van der Waals surface area contributed by atoms with E-state index in [1.807, 2.05) is 17.5 Å². The van der Waals surface area contributed by atoms with Gasteiger partial charge in [0.05, 0.1) is 10.3 Å². The Labute approximate surface area is 112 Å². The lowest BCUT2D eigenvalue weighted by atomic mass is 10.1. The zero-order chi connectivity index (χ0) is 12.9. The first-order valence-corrected chi connectivity index (χ1v) is 8.14. The number of hydrogen-bond donors (Lipinski definition) is 0. The monoisotopic (exact) mass is 292 g/mol. The van der Waals surface area contributed by atoms with Crippen LogP contribution in [0.25, 0.3) is 0 Å². The first-order chi connectivity index (χ1) is 7.95. The molecule has 0 fully saturated rings. The number of rotatable bonds is 7. The van der Waals surface area contributed by atoms with Crippen molar-refractivity contribution in [1.29, 1.82) is 0 Å². The van der Waals surface area contributed by atoms with E-state index in [0.29, 0.717) is 18.6 Å². The minimum atomic E-state index is -2.23. The van der Waals surface area contributed by atoms with Gasteiger partial charge in [0.15, 0.2) is 0 Å². The summed E-state index contributed by atoms with van der Waals surface area (Å²) in [6.45, 7) is 1.53. The van der Waals surface area contributed by atoms with Crippen molar-refractivity contribution in [2.45, 2.75) is 30.1 Å². The number of carbonyl (C=O) groups is 1. The highest BCUT2D eigenvalue weighted by Crippen LogP contribution is 2.19. The predicted molar refractivity (Wildman–Crippen MR) is 77.0 cm³/mol. The van der Waals surface area contributed by atoms with Crippen molar-refractivity contribution < 1.29 is 19.2 Å². The fourth-order valence-electron chi connectivity index (χ4n) is 1.52. The molecule has 18 heavy (non-hydrogen) atoms. The third-order valence-corrected chi connectivity index (χ3v) is 6.11. The molecule has 2 N–H and O–H groups in total. The van der Waals surface area contributed by atoms with Crippen LogP contribution in [0.3, 0.4) is 0 Å². The summed E-state index contributed by atoms with van der Waals surface area (Å²) in [4.78, 5) is 11.0. The lowest BCUT2D eigenvalue weighted by molar-refractivity contribution is -0.119. The molecule has 1 heterocycles. The molecule has 0 aliphatic rings. The Morgan fingerprint density at radius 1 is 1.61 bits per heavy atom. The number of ketones is 1. The van der Waals surface area contributed by atoms with Crippen molar-refractivity contribution in [3.05, 3.63) is 17.5 Å². The van der Waals surface area contributed by atoms with E-state index >= 15 is 0 Å². The molecule has 4 nitrogen and oxygen atoms in total. The van der Waals surface area contributed by atoms with Crippen LogP contribution in [-0.4, -0.2) is 40.3 Å². The predicted octanol–water partition coefficient (Wildman–Crippen LogP) is 1.38.